The molecule has 0 fully saturated rings. The van der Waals surface area contributed by atoms with Crippen LogP contribution in [0.2, 0.25) is 0 Å². The third kappa shape index (κ3) is 3.98. The van der Waals surface area contributed by atoms with Crippen molar-refractivity contribution in [1.82, 2.24) is 9.88 Å². The summed E-state index contributed by atoms with van der Waals surface area (Å²) in [6.07, 6.45) is 0.685. The summed E-state index contributed by atoms with van der Waals surface area (Å²) >= 11 is 3.46. The first-order valence-corrected chi connectivity index (χ1v) is 11.5. The number of rotatable bonds is 6. The highest BCUT2D eigenvalue weighted by Gasteiger charge is 2.25. The van der Waals surface area contributed by atoms with Gasteiger partial charge in [0.15, 0.2) is 0 Å². The monoisotopic (exact) mass is 492 g/mol. The second-order valence-electron chi connectivity index (χ2n) is 7.44. The molecule has 0 aliphatic heterocycles. The van der Waals surface area contributed by atoms with Crippen LogP contribution >= 0.6 is 15.9 Å². The van der Waals surface area contributed by atoms with Gasteiger partial charge >= 0.3 is 0 Å². The maximum Gasteiger partial charge on any atom is 0.266 e. The van der Waals surface area contributed by atoms with Crippen LogP contribution in [0.4, 0.5) is 4.39 Å². The van der Waals surface area contributed by atoms with Crippen LogP contribution in [0.1, 0.15) is 41.0 Å². The van der Waals surface area contributed by atoms with Crippen molar-refractivity contribution in [1.29, 1.82) is 0 Å². The zero-order valence-electron chi connectivity index (χ0n) is 17.5. The Morgan fingerprint density at radius 2 is 1.66 bits per heavy atom. The van der Waals surface area contributed by atoms with Crippen molar-refractivity contribution in [2.45, 2.75) is 24.7 Å². The van der Waals surface area contributed by atoms with E-state index < -0.39 is 11.4 Å². The number of alkyl halides is 1. The molecular weight excluding hydrogens is 471 g/mol. The van der Waals surface area contributed by atoms with Crippen molar-refractivity contribution in [2.24, 2.45) is 0 Å². The van der Waals surface area contributed by atoms with Crippen LogP contribution in [-0.4, -0.2) is 10.5 Å². The predicted octanol–water partition coefficient (Wildman–Crippen LogP) is 5.91. The molecule has 0 saturated heterocycles. The van der Waals surface area contributed by atoms with Gasteiger partial charge in [-0.15, -0.1) is 0 Å². The number of carbonyl (C=O) groups excluding carboxylic acids is 1. The largest absolute Gasteiger partial charge is 0.345 e. The van der Waals surface area contributed by atoms with Crippen LogP contribution in [0.5, 0.6) is 0 Å². The average Bonchev–Trinajstić information content (AvgIpc) is 2.83. The Bertz CT molecular complexity index is 1320. The number of hydrogen-bond donors (Lipinski definition) is 1. The maximum absolute atomic E-state index is 14.9. The van der Waals surface area contributed by atoms with Crippen molar-refractivity contribution in [3.8, 4) is 5.69 Å². The standard InChI is InChI=1S/C26H22BrFN2O2/c1-2-21(17-10-5-3-6-11-17)29-25(31)24-19-14-9-15-20(28)23(19)26(32)30(22(24)16-27)18-12-7-4-8-13-18/h3-15,21H,2,16H2,1H3,(H,29,31)/t21-/m0/s1. The van der Waals surface area contributed by atoms with Crippen LogP contribution in [0.3, 0.4) is 0 Å². The first kappa shape index (κ1) is 22.0. The van der Waals surface area contributed by atoms with Crippen LogP contribution < -0.4 is 10.9 Å². The van der Waals surface area contributed by atoms with E-state index >= 15 is 0 Å². The smallest absolute Gasteiger partial charge is 0.266 e. The zero-order valence-corrected chi connectivity index (χ0v) is 19.1. The van der Waals surface area contributed by atoms with Gasteiger partial charge in [0.1, 0.15) is 5.82 Å². The molecule has 6 heteroatoms. The molecule has 0 spiro atoms. The minimum atomic E-state index is -0.651. The number of halogens is 2. The fourth-order valence-corrected chi connectivity index (χ4v) is 4.55. The van der Waals surface area contributed by atoms with Gasteiger partial charge in [0.25, 0.3) is 11.5 Å². The molecule has 0 bridgehead atoms. The molecule has 162 valence electrons. The fraction of sp³-hybridized carbons (Fsp3) is 0.154. The van der Waals surface area contributed by atoms with E-state index in [4.69, 9.17) is 0 Å². The Morgan fingerprint density at radius 3 is 2.28 bits per heavy atom. The number of hydrogen-bond acceptors (Lipinski definition) is 2. The molecule has 4 aromatic rings. The number of nitrogens with zero attached hydrogens (tertiary/aromatic N) is 1. The minimum absolute atomic E-state index is 0.0982. The Morgan fingerprint density at radius 1 is 1.00 bits per heavy atom. The van der Waals surface area contributed by atoms with Gasteiger partial charge in [0, 0.05) is 16.4 Å². The highest BCUT2D eigenvalue weighted by molar-refractivity contribution is 9.08. The van der Waals surface area contributed by atoms with Gasteiger partial charge in [-0.25, -0.2) is 4.39 Å². The summed E-state index contributed by atoms with van der Waals surface area (Å²) in [7, 11) is 0. The van der Waals surface area contributed by atoms with Crippen LogP contribution in [0.15, 0.2) is 83.7 Å². The summed E-state index contributed by atoms with van der Waals surface area (Å²) in [5, 5.41) is 3.54. The third-order valence-corrected chi connectivity index (χ3v) is 6.07. The van der Waals surface area contributed by atoms with Crippen molar-refractivity contribution < 1.29 is 9.18 Å². The van der Waals surface area contributed by atoms with Gasteiger partial charge in [0.05, 0.1) is 22.7 Å². The number of benzene rings is 3. The molecule has 1 amide bonds. The van der Waals surface area contributed by atoms with Gasteiger partial charge in [-0.3, -0.25) is 14.2 Å². The molecule has 1 aromatic heterocycles. The summed E-state index contributed by atoms with van der Waals surface area (Å²) in [6, 6.07) is 22.8. The topological polar surface area (TPSA) is 51.1 Å². The van der Waals surface area contributed by atoms with E-state index in [0.29, 0.717) is 23.2 Å². The summed E-state index contributed by atoms with van der Waals surface area (Å²) in [6.45, 7) is 1.99. The van der Waals surface area contributed by atoms with Crippen LogP contribution in [0.25, 0.3) is 16.5 Å². The Balaban J connectivity index is 1.96. The molecule has 0 aliphatic carbocycles. The molecule has 1 N–H and O–H groups in total. The van der Waals surface area contributed by atoms with Crippen LogP contribution in [0, 0.1) is 5.82 Å². The molecule has 1 atom stereocenters. The molecule has 0 radical (unpaired) electrons. The Labute approximate surface area is 193 Å². The maximum atomic E-state index is 14.9. The van der Waals surface area contributed by atoms with Gasteiger partial charge in [-0.2, -0.15) is 0 Å². The molecule has 32 heavy (non-hydrogen) atoms. The molecular formula is C26H22BrFN2O2. The molecule has 1 heterocycles. The number of carbonyl (C=O) groups is 1. The molecule has 0 saturated carbocycles. The summed E-state index contributed by atoms with van der Waals surface area (Å²) in [5.74, 6) is -1.00. The number of nitrogens with one attached hydrogen (secondary N) is 1. The minimum Gasteiger partial charge on any atom is -0.345 e. The third-order valence-electron chi connectivity index (χ3n) is 5.54. The predicted molar refractivity (Wildman–Crippen MR) is 129 cm³/mol. The molecule has 0 unspecified atom stereocenters. The Hall–Kier alpha value is -3.25. The number of aromatic nitrogens is 1. The molecule has 4 nitrogen and oxygen atoms in total. The Kier molecular flexibility index (Phi) is 6.51. The first-order chi connectivity index (χ1) is 15.6. The second-order valence-corrected chi connectivity index (χ2v) is 8.00. The van der Waals surface area contributed by atoms with E-state index in [9.17, 15) is 14.0 Å². The molecule has 0 aliphatic rings. The first-order valence-electron chi connectivity index (χ1n) is 10.4. The molecule has 3 aromatic carbocycles. The quantitative estimate of drug-likeness (QED) is 0.340. The van der Waals surface area contributed by atoms with E-state index in [-0.39, 0.29) is 28.2 Å². The number of para-hydroxylation sites is 1. The summed E-state index contributed by atoms with van der Waals surface area (Å²) in [4.78, 5) is 27.0. The zero-order chi connectivity index (χ0) is 22.7. The fourth-order valence-electron chi connectivity index (χ4n) is 4.02. The van der Waals surface area contributed by atoms with Gasteiger partial charge in [0.2, 0.25) is 0 Å². The van der Waals surface area contributed by atoms with Gasteiger partial charge in [-0.1, -0.05) is 83.5 Å². The van der Waals surface area contributed by atoms with E-state index in [0.717, 1.165) is 5.56 Å². The molecule has 4 rings (SSSR count). The highest BCUT2D eigenvalue weighted by atomic mass is 79.9. The lowest BCUT2D eigenvalue weighted by atomic mass is 10.00. The van der Waals surface area contributed by atoms with Crippen LogP contribution in [-0.2, 0) is 5.33 Å². The number of fused-ring (bicyclic) bond motifs is 1. The lowest BCUT2D eigenvalue weighted by Gasteiger charge is -2.22. The lowest BCUT2D eigenvalue weighted by Crippen LogP contribution is -2.33. The van der Waals surface area contributed by atoms with E-state index in [1.54, 1.807) is 30.3 Å². The SMILES string of the molecule is CC[C@H](NC(=O)c1c(CBr)n(-c2ccccc2)c(=O)c2c(F)cccc12)c1ccccc1. The normalized spacial score (nSPS) is 12.0. The van der Waals surface area contributed by atoms with Crippen molar-refractivity contribution >= 4 is 32.6 Å². The summed E-state index contributed by atoms with van der Waals surface area (Å²) < 4.78 is 16.3. The number of pyridine rings is 1. The van der Waals surface area contributed by atoms with Gasteiger partial charge in [-0.05, 0) is 30.2 Å². The number of amides is 1. The van der Waals surface area contributed by atoms with E-state index in [1.165, 1.54) is 16.7 Å². The highest BCUT2D eigenvalue weighted by Crippen LogP contribution is 2.27. The van der Waals surface area contributed by atoms with E-state index in [1.807, 2.05) is 43.3 Å². The van der Waals surface area contributed by atoms with Gasteiger partial charge < -0.3 is 5.32 Å². The van der Waals surface area contributed by atoms with Crippen molar-refractivity contribution in [2.75, 3.05) is 0 Å². The van der Waals surface area contributed by atoms with Crippen molar-refractivity contribution in [3.63, 3.8) is 0 Å². The summed E-state index contributed by atoms with van der Waals surface area (Å²) in [5.41, 5.74) is 1.82. The second kappa shape index (κ2) is 9.49. The average molecular weight is 493 g/mol. The lowest BCUT2D eigenvalue weighted by molar-refractivity contribution is 0.0936. The van der Waals surface area contributed by atoms with E-state index in [2.05, 4.69) is 21.2 Å². The van der Waals surface area contributed by atoms with Crippen molar-refractivity contribution in [3.05, 3.63) is 112 Å².